The van der Waals surface area contributed by atoms with Crippen molar-refractivity contribution in [3.05, 3.63) is 62.5 Å². The van der Waals surface area contributed by atoms with E-state index in [4.69, 9.17) is 27.9 Å². The SMILES string of the molecule is CC(C)CNC(=O)[C@@H](C)N(Cc1cccc(Br)c1)C(=O)COc1ccc(Cl)cc1Cl. The Morgan fingerprint density at radius 3 is 2.50 bits per heavy atom. The van der Waals surface area contributed by atoms with E-state index in [1.54, 1.807) is 25.1 Å². The number of hydrogen-bond donors (Lipinski definition) is 1. The van der Waals surface area contributed by atoms with Crippen LogP contribution < -0.4 is 10.1 Å². The zero-order valence-electron chi connectivity index (χ0n) is 17.1. The summed E-state index contributed by atoms with van der Waals surface area (Å²) in [5.41, 5.74) is 0.894. The van der Waals surface area contributed by atoms with Crippen molar-refractivity contribution < 1.29 is 14.3 Å². The van der Waals surface area contributed by atoms with E-state index in [1.807, 2.05) is 38.1 Å². The Bertz CT molecular complexity index is 892. The maximum atomic E-state index is 13.0. The van der Waals surface area contributed by atoms with Gasteiger partial charge in [-0.3, -0.25) is 9.59 Å². The third kappa shape index (κ3) is 7.49. The maximum absolute atomic E-state index is 13.0. The molecule has 0 aliphatic rings. The molecule has 162 valence electrons. The Kier molecular flexibility index (Phi) is 9.46. The molecule has 1 atom stereocenters. The van der Waals surface area contributed by atoms with Crippen molar-refractivity contribution in [2.45, 2.75) is 33.4 Å². The summed E-state index contributed by atoms with van der Waals surface area (Å²) in [5, 5.41) is 3.68. The van der Waals surface area contributed by atoms with Gasteiger partial charge in [0.05, 0.1) is 5.02 Å². The number of carbonyl (C=O) groups excluding carboxylic acids is 2. The fourth-order valence-corrected chi connectivity index (χ4v) is 3.59. The molecular formula is C22H25BrCl2N2O3. The highest BCUT2D eigenvalue weighted by Crippen LogP contribution is 2.27. The molecular weight excluding hydrogens is 491 g/mol. The Morgan fingerprint density at radius 2 is 1.87 bits per heavy atom. The molecule has 0 radical (unpaired) electrons. The minimum absolute atomic E-state index is 0.212. The summed E-state index contributed by atoms with van der Waals surface area (Å²) >= 11 is 15.5. The number of rotatable bonds is 9. The van der Waals surface area contributed by atoms with Gasteiger partial charge in [0.1, 0.15) is 11.8 Å². The van der Waals surface area contributed by atoms with Crippen LogP contribution in [0.3, 0.4) is 0 Å². The fraction of sp³-hybridized carbons (Fsp3) is 0.364. The quantitative estimate of drug-likeness (QED) is 0.491. The molecule has 0 spiro atoms. The van der Waals surface area contributed by atoms with E-state index in [9.17, 15) is 9.59 Å². The van der Waals surface area contributed by atoms with Crippen molar-refractivity contribution in [2.24, 2.45) is 5.92 Å². The number of hydrogen-bond acceptors (Lipinski definition) is 3. The zero-order valence-corrected chi connectivity index (χ0v) is 20.2. The van der Waals surface area contributed by atoms with E-state index in [0.29, 0.717) is 28.3 Å². The number of halogens is 3. The molecule has 0 fully saturated rings. The van der Waals surface area contributed by atoms with Crippen molar-refractivity contribution >= 4 is 50.9 Å². The number of ether oxygens (including phenoxy) is 1. The minimum atomic E-state index is -0.667. The molecule has 2 aromatic rings. The van der Waals surface area contributed by atoms with E-state index in [0.717, 1.165) is 10.0 Å². The van der Waals surface area contributed by atoms with Gasteiger partial charge in [0.25, 0.3) is 5.91 Å². The Morgan fingerprint density at radius 1 is 1.13 bits per heavy atom. The van der Waals surface area contributed by atoms with Crippen LogP contribution in [0.25, 0.3) is 0 Å². The van der Waals surface area contributed by atoms with Gasteiger partial charge < -0.3 is 15.0 Å². The Labute approximate surface area is 195 Å². The Hall–Kier alpha value is -1.76. The highest BCUT2D eigenvalue weighted by Gasteiger charge is 2.26. The average molecular weight is 516 g/mol. The molecule has 0 aromatic heterocycles. The van der Waals surface area contributed by atoms with Crippen molar-refractivity contribution in [1.29, 1.82) is 0 Å². The molecule has 2 aromatic carbocycles. The topological polar surface area (TPSA) is 58.6 Å². The maximum Gasteiger partial charge on any atom is 0.261 e. The second kappa shape index (κ2) is 11.6. The second-order valence-corrected chi connectivity index (χ2v) is 9.09. The first-order valence-electron chi connectivity index (χ1n) is 9.57. The molecule has 2 rings (SSSR count). The third-order valence-electron chi connectivity index (χ3n) is 4.34. The van der Waals surface area contributed by atoms with Crippen molar-refractivity contribution in [2.75, 3.05) is 13.2 Å². The van der Waals surface area contributed by atoms with Crippen LogP contribution in [0.15, 0.2) is 46.9 Å². The molecule has 0 aliphatic carbocycles. The molecule has 2 amide bonds. The molecule has 30 heavy (non-hydrogen) atoms. The lowest BCUT2D eigenvalue weighted by atomic mass is 10.1. The Balaban J connectivity index is 2.15. The zero-order chi connectivity index (χ0) is 22.3. The van der Waals surface area contributed by atoms with Gasteiger partial charge in [0, 0.05) is 22.6 Å². The summed E-state index contributed by atoms with van der Waals surface area (Å²) < 4.78 is 6.50. The molecule has 1 N–H and O–H groups in total. The largest absolute Gasteiger partial charge is 0.482 e. The molecule has 0 heterocycles. The monoisotopic (exact) mass is 514 g/mol. The molecule has 0 unspecified atom stereocenters. The van der Waals surface area contributed by atoms with Crippen LogP contribution in [0.5, 0.6) is 5.75 Å². The van der Waals surface area contributed by atoms with E-state index in [-0.39, 0.29) is 25.0 Å². The van der Waals surface area contributed by atoms with E-state index < -0.39 is 6.04 Å². The molecule has 0 bridgehead atoms. The summed E-state index contributed by atoms with van der Waals surface area (Å²) in [6.07, 6.45) is 0. The van der Waals surface area contributed by atoms with Gasteiger partial charge in [0.2, 0.25) is 5.91 Å². The van der Waals surface area contributed by atoms with Gasteiger partial charge in [-0.2, -0.15) is 0 Å². The average Bonchev–Trinajstić information content (AvgIpc) is 2.68. The number of benzene rings is 2. The van der Waals surface area contributed by atoms with Gasteiger partial charge in [0.15, 0.2) is 6.61 Å². The van der Waals surface area contributed by atoms with Crippen LogP contribution in [-0.2, 0) is 16.1 Å². The van der Waals surface area contributed by atoms with Crippen molar-refractivity contribution in [3.63, 3.8) is 0 Å². The normalized spacial score (nSPS) is 11.8. The lowest BCUT2D eigenvalue weighted by Gasteiger charge is -2.29. The first-order chi connectivity index (χ1) is 14.2. The molecule has 8 heteroatoms. The summed E-state index contributed by atoms with van der Waals surface area (Å²) in [6, 6.07) is 11.7. The van der Waals surface area contributed by atoms with Crippen LogP contribution >= 0.6 is 39.1 Å². The van der Waals surface area contributed by atoms with E-state index in [2.05, 4.69) is 21.2 Å². The van der Waals surface area contributed by atoms with Gasteiger partial charge in [-0.25, -0.2) is 0 Å². The van der Waals surface area contributed by atoms with E-state index >= 15 is 0 Å². The third-order valence-corrected chi connectivity index (χ3v) is 5.36. The molecule has 0 saturated heterocycles. The lowest BCUT2D eigenvalue weighted by molar-refractivity contribution is -0.142. The fourth-order valence-electron chi connectivity index (χ4n) is 2.68. The first kappa shape index (κ1) is 24.5. The summed E-state index contributed by atoms with van der Waals surface area (Å²) in [4.78, 5) is 27.1. The van der Waals surface area contributed by atoms with Crippen LogP contribution in [0.1, 0.15) is 26.3 Å². The van der Waals surface area contributed by atoms with Crippen LogP contribution in [-0.4, -0.2) is 35.9 Å². The number of carbonyl (C=O) groups is 2. The second-order valence-electron chi connectivity index (χ2n) is 7.33. The smallest absolute Gasteiger partial charge is 0.261 e. The number of amides is 2. The van der Waals surface area contributed by atoms with Gasteiger partial charge >= 0.3 is 0 Å². The van der Waals surface area contributed by atoms with Crippen LogP contribution in [0.4, 0.5) is 0 Å². The van der Waals surface area contributed by atoms with Gasteiger partial charge in [-0.05, 0) is 48.7 Å². The van der Waals surface area contributed by atoms with Gasteiger partial charge in [-0.1, -0.05) is 65.1 Å². The summed E-state index contributed by atoms with van der Waals surface area (Å²) in [5.74, 6) is 0.129. The minimum Gasteiger partial charge on any atom is -0.482 e. The van der Waals surface area contributed by atoms with Crippen LogP contribution in [0.2, 0.25) is 10.0 Å². The number of nitrogens with one attached hydrogen (secondary N) is 1. The predicted molar refractivity (Wildman–Crippen MR) is 124 cm³/mol. The van der Waals surface area contributed by atoms with Crippen molar-refractivity contribution in [1.82, 2.24) is 10.2 Å². The van der Waals surface area contributed by atoms with E-state index in [1.165, 1.54) is 4.90 Å². The first-order valence-corrected chi connectivity index (χ1v) is 11.1. The van der Waals surface area contributed by atoms with Gasteiger partial charge in [-0.15, -0.1) is 0 Å². The van der Waals surface area contributed by atoms with Crippen LogP contribution in [0, 0.1) is 5.92 Å². The molecule has 0 saturated carbocycles. The molecule has 0 aliphatic heterocycles. The summed E-state index contributed by atoms with van der Waals surface area (Å²) in [7, 11) is 0. The van der Waals surface area contributed by atoms with Crippen molar-refractivity contribution in [3.8, 4) is 5.75 Å². The standard InChI is InChI=1S/C22H25BrCl2N2O3/c1-14(2)11-26-22(29)15(3)27(12-16-5-4-6-17(23)9-16)21(28)13-30-20-8-7-18(24)10-19(20)25/h4-10,14-15H,11-13H2,1-3H3,(H,26,29)/t15-/m1/s1. The lowest BCUT2D eigenvalue weighted by Crippen LogP contribution is -2.49. The molecule has 5 nitrogen and oxygen atoms in total. The predicted octanol–water partition coefficient (Wildman–Crippen LogP) is 5.32. The number of nitrogens with zero attached hydrogens (tertiary/aromatic N) is 1. The highest BCUT2D eigenvalue weighted by atomic mass is 79.9. The summed E-state index contributed by atoms with van der Waals surface area (Å²) in [6.45, 7) is 6.29. The highest BCUT2D eigenvalue weighted by molar-refractivity contribution is 9.10.